The Morgan fingerprint density at radius 1 is 1.04 bits per heavy atom. The van der Waals surface area contributed by atoms with E-state index < -0.39 is 0 Å². The largest absolute Gasteiger partial charge is 0.484 e. The third kappa shape index (κ3) is 8.63. The summed E-state index contributed by atoms with van der Waals surface area (Å²) in [5, 5.41) is 6.55. The van der Waals surface area contributed by atoms with E-state index in [1.807, 2.05) is 0 Å². The molecular formula is C20H29ClN2O4. The van der Waals surface area contributed by atoms with Crippen LogP contribution in [0.5, 0.6) is 5.75 Å². The van der Waals surface area contributed by atoms with E-state index in [2.05, 4.69) is 31.4 Å². The highest BCUT2D eigenvalue weighted by atomic mass is 35.5. The number of rotatable bonds is 8. The summed E-state index contributed by atoms with van der Waals surface area (Å²) in [5.74, 6) is 0.319. The van der Waals surface area contributed by atoms with Crippen molar-refractivity contribution in [2.75, 3.05) is 19.8 Å². The van der Waals surface area contributed by atoms with Gasteiger partial charge in [-0.1, -0.05) is 32.4 Å². The van der Waals surface area contributed by atoms with Crippen molar-refractivity contribution < 1.29 is 19.1 Å². The van der Waals surface area contributed by atoms with Gasteiger partial charge >= 0.3 is 0 Å². The van der Waals surface area contributed by atoms with Gasteiger partial charge in [0, 0.05) is 17.1 Å². The summed E-state index contributed by atoms with van der Waals surface area (Å²) in [5.41, 5.74) is 0.0388. The van der Waals surface area contributed by atoms with E-state index in [0.29, 0.717) is 17.4 Å². The van der Waals surface area contributed by atoms with Crippen LogP contribution >= 0.6 is 11.6 Å². The molecule has 0 radical (unpaired) electrons. The van der Waals surface area contributed by atoms with Gasteiger partial charge in [-0.25, -0.2) is 0 Å². The SMILES string of the molecule is CC(C)(C)COCC(=O)NC1CC[C@@H](NC(=O)COc2ccc(Cl)cc2)C1. The maximum absolute atomic E-state index is 12.0. The van der Waals surface area contributed by atoms with Crippen LogP contribution in [0, 0.1) is 5.41 Å². The number of halogens is 1. The number of nitrogens with one attached hydrogen (secondary N) is 2. The zero-order chi connectivity index (χ0) is 19.9. The minimum Gasteiger partial charge on any atom is -0.484 e. The average Bonchev–Trinajstić information content (AvgIpc) is 3.00. The molecule has 1 aliphatic rings. The molecule has 27 heavy (non-hydrogen) atoms. The highest BCUT2D eigenvalue weighted by molar-refractivity contribution is 6.30. The molecule has 7 heteroatoms. The molecule has 2 amide bonds. The summed E-state index contributed by atoms with van der Waals surface area (Å²) in [6, 6.07) is 6.98. The van der Waals surface area contributed by atoms with Crippen LogP contribution in [0.2, 0.25) is 5.02 Å². The van der Waals surface area contributed by atoms with E-state index in [1.165, 1.54) is 0 Å². The first-order valence-corrected chi connectivity index (χ1v) is 9.64. The van der Waals surface area contributed by atoms with E-state index in [4.69, 9.17) is 21.1 Å². The van der Waals surface area contributed by atoms with E-state index in [-0.39, 0.29) is 42.5 Å². The first kappa shape index (κ1) is 21.5. The molecule has 6 nitrogen and oxygen atoms in total. The molecule has 0 bridgehead atoms. The zero-order valence-corrected chi connectivity index (χ0v) is 17.0. The van der Waals surface area contributed by atoms with Gasteiger partial charge in [-0.2, -0.15) is 0 Å². The summed E-state index contributed by atoms with van der Waals surface area (Å²) >= 11 is 5.81. The van der Waals surface area contributed by atoms with Crippen molar-refractivity contribution in [3.05, 3.63) is 29.3 Å². The molecule has 1 unspecified atom stereocenters. The molecule has 150 valence electrons. The number of benzene rings is 1. The van der Waals surface area contributed by atoms with E-state index >= 15 is 0 Å². The number of hydrogen-bond donors (Lipinski definition) is 2. The Bertz CT molecular complexity index is 628. The molecule has 1 aromatic rings. The highest BCUT2D eigenvalue weighted by Crippen LogP contribution is 2.20. The predicted octanol–water partition coefficient (Wildman–Crippen LogP) is 2.94. The normalized spacial score (nSPS) is 19.6. The quantitative estimate of drug-likeness (QED) is 0.708. The third-order valence-electron chi connectivity index (χ3n) is 4.11. The summed E-state index contributed by atoms with van der Waals surface area (Å²) in [4.78, 5) is 24.0. The Kier molecular flexibility index (Phi) is 7.92. The second-order valence-electron chi connectivity index (χ2n) is 8.14. The van der Waals surface area contributed by atoms with Crippen molar-refractivity contribution in [2.24, 2.45) is 5.41 Å². The van der Waals surface area contributed by atoms with Gasteiger partial charge in [0.15, 0.2) is 6.61 Å². The van der Waals surface area contributed by atoms with Crippen LogP contribution in [-0.4, -0.2) is 43.7 Å². The number of carbonyl (C=O) groups is 2. The van der Waals surface area contributed by atoms with Crippen LogP contribution < -0.4 is 15.4 Å². The number of hydrogen-bond acceptors (Lipinski definition) is 4. The lowest BCUT2D eigenvalue weighted by molar-refractivity contribution is -0.127. The first-order valence-electron chi connectivity index (χ1n) is 9.26. The van der Waals surface area contributed by atoms with E-state index in [1.54, 1.807) is 24.3 Å². The lowest BCUT2D eigenvalue weighted by Crippen LogP contribution is -2.40. The van der Waals surface area contributed by atoms with Crippen molar-refractivity contribution in [1.82, 2.24) is 10.6 Å². The van der Waals surface area contributed by atoms with Crippen molar-refractivity contribution >= 4 is 23.4 Å². The van der Waals surface area contributed by atoms with Gasteiger partial charge in [0.25, 0.3) is 5.91 Å². The van der Waals surface area contributed by atoms with Crippen LogP contribution in [0.3, 0.4) is 0 Å². The summed E-state index contributed by atoms with van der Waals surface area (Å²) in [6.45, 7) is 6.75. The van der Waals surface area contributed by atoms with Crippen molar-refractivity contribution in [1.29, 1.82) is 0 Å². The van der Waals surface area contributed by atoms with Gasteiger partial charge in [0.05, 0.1) is 6.61 Å². The second kappa shape index (κ2) is 9.95. The van der Waals surface area contributed by atoms with E-state index in [0.717, 1.165) is 19.3 Å². The zero-order valence-electron chi connectivity index (χ0n) is 16.2. The topological polar surface area (TPSA) is 76.7 Å². The number of carbonyl (C=O) groups excluding carboxylic acids is 2. The molecule has 0 saturated heterocycles. The van der Waals surface area contributed by atoms with Gasteiger partial charge in [-0.05, 0) is 48.9 Å². The molecule has 1 saturated carbocycles. The first-order chi connectivity index (χ1) is 12.7. The number of ether oxygens (including phenoxy) is 2. The van der Waals surface area contributed by atoms with Crippen molar-refractivity contribution in [2.45, 2.75) is 52.1 Å². The van der Waals surface area contributed by atoms with Crippen LogP contribution in [0.25, 0.3) is 0 Å². The van der Waals surface area contributed by atoms with Crippen LogP contribution in [0.15, 0.2) is 24.3 Å². The molecule has 2 N–H and O–H groups in total. The summed E-state index contributed by atoms with van der Waals surface area (Å²) in [6.07, 6.45) is 2.40. The van der Waals surface area contributed by atoms with Gasteiger partial charge in [0.1, 0.15) is 12.4 Å². The Morgan fingerprint density at radius 3 is 2.15 bits per heavy atom. The lowest BCUT2D eigenvalue weighted by Gasteiger charge is -2.19. The van der Waals surface area contributed by atoms with Crippen molar-refractivity contribution in [3.8, 4) is 5.75 Å². The smallest absolute Gasteiger partial charge is 0.258 e. The minimum absolute atomic E-state index is 0.0388. The fourth-order valence-corrected chi connectivity index (χ4v) is 3.04. The molecule has 1 aliphatic carbocycles. The molecule has 2 rings (SSSR count). The monoisotopic (exact) mass is 396 g/mol. The molecule has 0 aromatic heterocycles. The average molecular weight is 397 g/mol. The molecular weight excluding hydrogens is 368 g/mol. The Labute approximate surface area is 165 Å². The Balaban J connectivity index is 1.63. The molecule has 0 heterocycles. The van der Waals surface area contributed by atoms with Gasteiger partial charge < -0.3 is 20.1 Å². The van der Waals surface area contributed by atoms with Gasteiger partial charge in [0.2, 0.25) is 5.91 Å². The van der Waals surface area contributed by atoms with E-state index in [9.17, 15) is 9.59 Å². The van der Waals surface area contributed by atoms with Gasteiger partial charge in [-0.15, -0.1) is 0 Å². The Morgan fingerprint density at radius 2 is 1.59 bits per heavy atom. The van der Waals surface area contributed by atoms with Crippen LogP contribution in [0.4, 0.5) is 0 Å². The molecule has 0 aliphatic heterocycles. The standard InChI is InChI=1S/C20H29ClN2O4/c1-20(2,3)13-26-11-18(24)22-15-6-7-16(10-15)23-19(25)12-27-17-8-4-14(21)5-9-17/h4-5,8-9,15-16H,6-7,10-13H2,1-3H3,(H,22,24)(H,23,25)/t15?,16-/m1/s1. The predicted molar refractivity (Wildman–Crippen MR) is 105 cm³/mol. The summed E-state index contributed by atoms with van der Waals surface area (Å²) in [7, 11) is 0. The van der Waals surface area contributed by atoms with Crippen LogP contribution in [-0.2, 0) is 14.3 Å². The maximum Gasteiger partial charge on any atom is 0.258 e. The Hall–Kier alpha value is -1.79. The van der Waals surface area contributed by atoms with Crippen LogP contribution in [0.1, 0.15) is 40.0 Å². The second-order valence-corrected chi connectivity index (χ2v) is 8.57. The molecule has 2 atom stereocenters. The van der Waals surface area contributed by atoms with Crippen molar-refractivity contribution in [3.63, 3.8) is 0 Å². The molecule has 1 aromatic carbocycles. The maximum atomic E-state index is 12.0. The number of amides is 2. The molecule has 1 fully saturated rings. The fraction of sp³-hybridized carbons (Fsp3) is 0.600. The third-order valence-corrected chi connectivity index (χ3v) is 4.37. The minimum atomic E-state index is -0.171. The molecule has 0 spiro atoms. The summed E-state index contributed by atoms with van der Waals surface area (Å²) < 4.78 is 10.9. The highest BCUT2D eigenvalue weighted by Gasteiger charge is 2.27. The lowest BCUT2D eigenvalue weighted by atomic mass is 9.99. The van der Waals surface area contributed by atoms with Gasteiger partial charge in [-0.3, -0.25) is 9.59 Å². The fourth-order valence-electron chi connectivity index (χ4n) is 2.91.